The lowest BCUT2D eigenvalue weighted by Crippen LogP contribution is -2.45. The number of benzene rings is 1. The number of rotatable bonds is 10. The molecule has 1 aromatic heterocycles. The highest BCUT2D eigenvalue weighted by atomic mass is 16.7. The first-order valence-electron chi connectivity index (χ1n) is 12.3. The summed E-state index contributed by atoms with van der Waals surface area (Å²) in [7, 11) is 0. The first kappa shape index (κ1) is 24.6. The second-order valence-corrected chi connectivity index (χ2v) is 9.83. The second kappa shape index (κ2) is 11.3. The Morgan fingerprint density at radius 3 is 2.71 bits per heavy atom. The van der Waals surface area contributed by atoms with Crippen molar-refractivity contribution in [2.45, 2.75) is 51.6 Å². The molecule has 34 heavy (non-hydrogen) atoms. The molecular weight excluding hydrogens is 440 g/mol. The van der Waals surface area contributed by atoms with Gasteiger partial charge in [0.1, 0.15) is 16.7 Å². The van der Waals surface area contributed by atoms with Crippen LogP contribution >= 0.6 is 0 Å². The molecule has 0 unspecified atom stereocenters. The lowest BCUT2D eigenvalue weighted by atomic mass is 9.89. The first-order chi connectivity index (χ1) is 16.4. The maximum Gasteiger partial charge on any atom is 0.506 e. The number of nitrogens with zero attached hydrogens (tertiary/aromatic N) is 2. The van der Waals surface area contributed by atoms with Crippen molar-refractivity contribution in [2.24, 2.45) is 11.8 Å². The molecule has 0 amide bonds. The third-order valence-electron chi connectivity index (χ3n) is 6.76. The molecule has 1 aromatic carbocycles. The molecule has 1 N–H and O–H groups in total. The molecule has 0 saturated carbocycles. The lowest BCUT2D eigenvalue weighted by Gasteiger charge is -2.38. The molecule has 0 aliphatic carbocycles. The molecule has 2 aliphatic rings. The van der Waals surface area contributed by atoms with E-state index in [1.165, 1.54) is 0 Å². The van der Waals surface area contributed by atoms with Gasteiger partial charge in [-0.1, -0.05) is 19.9 Å². The maximum atomic E-state index is 11.2. The minimum absolute atomic E-state index is 0.418. The van der Waals surface area contributed by atoms with Crippen LogP contribution in [0.5, 0.6) is 11.6 Å². The Kier molecular flexibility index (Phi) is 8.15. The van der Waals surface area contributed by atoms with Crippen molar-refractivity contribution in [3.05, 3.63) is 18.2 Å². The molecular formula is C25H36N2O7. The summed E-state index contributed by atoms with van der Waals surface area (Å²) >= 11 is 0. The van der Waals surface area contributed by atoms with Crippen molar-refractivity contribution >= 4 is 17.1 Å². The molecule has 0 spiro atoms. The van der Waals surface area contributed by atoms with Gasteiger partial charge < -0.3 is 33.5 Å². The van der Waals surface area contributed by atoms with Crippen molar-refractivity contribution in [2.75, 3.05) is 46.1 Å². The molecule has 0 radical (unpaired) electrons. The Labute approximate surface area is 200 Å². The standard InChI is InChI=1S/C25H36N2O7/c1-18(2)16-31-20-4-3-5-21-22(20)23(26-34-21)32-17-19-6-11-27(12-7-19)13-8-25(33-24(28)29)9-14-30-15-10-25/h3-5,18-19H,6-17H2,1-2H3,(H,28,29). The SMILES string of the molecule is CC(C)COc1cccc2onc(OCC3CCN(CCC4(OC(=O)O)CCOCC4)CC3)c12. The van der Waals surface area contributed by atoms with Gasteiger partial charge in [-0.3, -0.25) is 0 Å². The maximum absolute atomic E-state index is 11.2. The summed E-state index contributed by atoms with van der Waals surface area (Å²) in [5.74, 6) is 2.08. The van der Waals surface area contributed by atoms with Crippen LogP contribution in [0.3, 0.4) is 0 Å². The molecule has 2 fully saturated rings. The molecule has 2 aliphatic heterocycles. The molecule has 0 atom stereocenters. The van der Waals surface area contributed by atoms with E-state index < -0.39 is 11.8 Å². The van der Waals surface area contributed by atoms with E-state index in [0.717, 1.165) is 43.6 Å². The fourth-order valence-electron chi connectivity index (χ4n) is 4.68. The van der Waals surface area contributed by atoms with Gasteiger partial charge >= 0.3 is 6.16 Å². The molecule has 2 saturated heterocycles. The van der Waals surface area contributed by atoms with Gasteiger partial charge in [0, 0.05) is 25.8 Å². The summed E-state index contributed by atoms with van der Waals surface area (Å²) in [6.07, 6.45) is 2.78. The number of hydrogen-bond donors (Lipinski definition) is 1. The van der Waals surface area contributed by atoms with E-state index in [1.807, 2.05) is 18.2 Å². The topological polar surface area (TPSA) is 103 Å². The molecule has 2 aromatic rings. The van der Waals surface area contributed by atoms with E-state index in [2.05, 4.69) is 23.9 Å². The Morgan fingerprint density at radius 2 is 2.00 bits per heavy atom. The normalized spacial score (nSPS) is 19.4. The molecule has 0 bridgehead atoms. The predicted octanol–water partition coefficient (Wildman–Crippen LogP) is 4.59. The van der Waals surface area contributed by atoms with Gasteiger partial charge in [0.15, 0.2) is 5.58 Å². The van der Waals surface area contributed by atoms with Crippen LogP contribution in [0, 0.1) is 11.8 Å². The van der Waals surface area contributed by atoms with E-state index >= 15 is 0 Å². The Morgan fingerprint density at radius 1 is 1.24 bits per heavy atom. The summed E-state index contributed by atoms with van der Waals surface area (Å²) in [5.41, 5.74) is 0.0459. The van der Waals surface area contributed by atoms with E-state index in [0.29, 0.717) is 69.0 Å². The van der Waals surface area contributed by atoms with Crippen molar-refractivity contribution in [3.8, 4) is 11.6 Å². The third-order valence-corrected chi connectivity index (χ3v) is 6.76. The Bertz CT molecular complexity index is 930. The van der Waals surface area contributed by atoms with Crippen LogP contribution in [-0.2, 0) is 9.47 Å². The molecule has 188 valence electrons. The fourth-order valence-corrected chi connectivity index (χ4v) is 4.68. The largest absolute Gasteiger partial charge is 0.506 e. The van der Waals surface area contributed by atoms with Crippen LogP contribution < -0.4 is 9.47 Å². The number of hydrogen-bond acceptors (Lipinski definition) is 8. The molecule has 9 nitrogen and oxygen atoms in total. The van der Waals surface area contributed by atoms with Crippen LogP contribution in [0.2, 0.25) is 0 Å². The average molecular weight is 477 g/mol. The highest BCUT2D eigenvalue weighted by molar-refractivity contribution is 5.88. The number of ether oxygens (including phenoxy) is 4. The van der Waals surface area contributed by atoms with E-state index in [4.69, 9.17) is 28.6 Å². The predicted molar refractivity (Wildman–Crippen MR) is 126 cm³/mol. The summed E-state index contributed by atoms with van der Waals surface area (Å²) in [5, 5.41) is 14.1. The summed E-state index contributed by atoms with van der Waals surface area (Å²) in [6.45, 7) is 9.25. The van der Waals surface area contributed by atoms with Gasteiger partial charge in [0.2, 0.25) is 0 Å². The van der Waals surface area contributed by atoms with Gasteiger partial charge in [-0.05, 0) is 55.1 Å². The Balaban J connectivity index is 1.26. The van der Waals surface area contributed by atoms with E-state index in [-0.39, 0.29) is 0 Å². The van der Waals surface area contributed by atoms with Crippen molar-refractivity contribution < 1.29 is 33.4 Å². The van der Waals surface area contributed by atoms with Crippen LogP contribution in [0.1, 0.15) is 46.0 Å². The zero-order chi connectivity index (χ0) is 24.0. The van der Waals surface area contributed by atoms with Crippen LogP contribution in [0.25, 0.3) is 11.0 Å². The van der Waals surface area contributed by atoms with Crippen LogP contribution in [-0.4, -0.2) is 73.0 Å². The summed E-state index contributed by atoms with van der Waals surface area (Å²) < 4.78 is 28.2. The zero-order valence-corrected chi connectivity index (χ0v) is 20.2. The Hall–Kier alpha value is -2.52. The lowest BCUT2D eigenvalue weighted by molar-refractivity contribution is -0.0927. The van der Waals surface area contributed by atoms with Crippen molar-refractivity contribution in [3.63, 3.8) is 0 Å². The smallest absolute Gasteiger partial charge is 0.492 e. The number of aromatic nitrogens is 1. The van der Waals surface area contributed by atoms with Gasteiger partial charge in [-0.25, -0.2) is 4.79 Å². The molecule has 9 heteroatoms. The van der Waals surface area contributed by atoms with Crippen molar-refractivity contribution in [1.29, 1.82) is 0 Å². The minimum atomic E-state index is -1.20. The number of piperidine rings is 1. The van der Waals surface area contributed by atoms with Crippen LogP contribution in [0.15, 0.2) is 22.7 Å². The molecule has 3 heterocycles. The quantitative estimate of drug-likeness (QED) is 0.493. The fraction of sp³-hybridized carbons (Fsp3) is 0.680. The first-order valence-corrected chi connectivity index (χ1v) is 12.3. The second-order valence-electron chi connectivity index (χ2n) is 9.83. The number of fused-ring (bicyclic) bond motifs is 1. The highest BCUT2D eigenvalue weighted by Crippen LogP contribution is 2.35. The van der Waals surface area contributed by atoms with Gasteiger partial charge in [0.05, 0.1) is 26.4 Å². The van der Waals surface area contributed by atoms with Crippen molar-refractivity contribution in [1.82, 2.24) is 10.1 Å². The summed E-state index contributed by atoms with van der Waals surface area (Å²) in [4.78, 5) is 13.6. The van der Waals surface area contributed by atoms with Crippen LogP contribution in [0.4, 0.5) is 4.79 Å². The zero-order valence-electron chi connectivity index (χ0n) is 20.2. The monoisotopic (exact) mass is 476 g/mol. The van der Waals surface area contributed by atoms with Gasteiger partial charge in [-0.2, -0.15) is 0 Å². The number of likely N-dealkylation sites (tertiary alicyclic amines) is 1. The van der Waals surface area contributed by atoms with E-state index in [9.17, 15) is 4.79 Å². The van der Waals surface area contributed by atoms with E-state index in [1.54, 1.807) is 0 Å². The average Bonchev–Trinajstić information content (AvgIpc) is 3.25. The molecule has 4 rings (SSSR count). The van der Waals surface area contributed by atoms with Gasteiger partial charge in [-0.15, -0.1) is 0 Å². The van der Waals surface area contributed by atoms with Gasteiger partial charge in [0.25, 0.3) is 5.88 Å². The third kappa shape index (κ3) is 6.33. The minimum Gasteiger partial charge on any atom is -0.492 e. The number of carboxylic acid groups (broad SMARTS) is 1. The highest BCUT2D eigenvalue weighted by Gasteiger charge is 2.37. The summed E-state index contributed by atoms with van der Waals surface area (Å²) in [6, 6.07) is 5.69. The number of carbonyl (C=O) groups is 1.